The summed E-state index contributed by atoms with van der Waals surface area (Å²) in [4.78, 5) is 29.2. The molecule has 0 radical (unpaired) electrons. The lowest BCUT2D eigenvalue weighted by atomic mass is 9.81. The molecule has 0 bridgehead atoms. The van der Waals surface area contributed by atoms with Gasteiger partial charge in [0.05, 0.1) is 13.2 Å². The highest BCUT2D eigenvalue weighted by Crippen LogP contribution is 2.36. The third kappa shape index (κ3) is 3.08. The van der Waals surface area contributed by atoms with Gasteiger partial charge in [0.2, 0.25) is 0 Å². The number of aryl methyl sites for hydroxylation is 2. The van der Waals surface area contributed by atoms with Crippen LogP contribution < -0.4 is 10.2 Å². The number of amides is 3. The number of ether oxygens (including phenoxy) is 1. The van der Waals surface area contributed by atoms with Crippen LogP contribution >= 0.6 is 0 Å². The minimum absolute atomic E-state index is 0.217. The lowest BCUT2D eigenvalue weighted by Gasteiger charge is -2.30. The smallest absolute Gasteiger partial charge is 0.330 e. The van der Waals surface area contributed by atoms with Crippen LogP contribution in [0.3, 0.4) is 0 Å². The van der Waals surface area contributed by atoms with Crippen LogP contribution in [0.15, 0.2) is 48.5 Å². The van der Waals surface area contributed by atoms with Gasteiger partial charge in [0.15, 0.2) is 12.2 Å². The molecule has 1 atom stereocenters. The van der Waals surface area contributed by atoms with E-state index < -0.39 is 5.54 Å². The van der Waals surface area contributed by atoms with Crippen LogP contribution in [0, 0.1) is 13.8 Å². The molecule has 3 amide bonds. The Hall–Kier alpha value is -2.70. The lowest BCUT2D eigenvalue weighted by molar-refractivity contribution is -0.915. The van der Waals surface area contributed by atoms with Gasteiger partial charge in [-0.25, -0.2) is 9.69 Å². The van der Waals surface area contributed by atoms with Crippen LogP contribution in [0.1, 0.15) is 22.3 Å². The molecule has 2 aromatic carbocycles. The molecule has 2 aliphatic rings. The van der Waals surface area contributed by atoms with Crippen molar-refractivity contribution in [2.75, 3.05) is 33.0 Å². The zero-order valence-corrected chi connectivity index (χ0v) is 16.3. The number of hydrogen-bond acceptors (Lipinski definition) is 3. The van der Waals surface area contributed by atoms with E-state index in [1.54, 1.807) is 0 Å². The zero-order valence-electron chi connectivity index (χ0n) is 16.3. The highest BCUT2D eigenvalue weighted by Gasteiger charge is 2.54. The van der Waals surface area contributed by atoms with Gasteiger partial charge in [-0.2, -0.15) is 0 Å². The van der Waals surface area contributed by atoms with Gasteiger partial charge < -0.3 is 15.0 Å². The third-order valence-electron chi connectivity index (χ3n) is 5.83. The van der Waals surface area contributed by atoms with Crippen LogP contribution in [0.25, 0.3) is 0 Å². The van der Waals surface area contributed by atoms with Crippen molar-refractivity contribution in [1.82, 2.24) is 10.2 Å². The molecular formula is C22H26N3O3+. The molecule has 4 rings (SSSR count). The predicted octanol–water partition coefficient (Wildman–Crippen LogP) is 0.971. The number of morpholine rings is 1. The number of imide groups is 1. The van der Waals surface area contributed by atoms with Crippen molar-refractivity contribution in [3.63, 3.8) is 0 Å². The summed E-state index contributed by atoms with van der Waals surface area (Å²) in [5.74, 6) is -0.217. The Bertz CT molecular complexity index is 893. The molecule has 2 fully saturated rings. The predicted molar refractivity (Wildman–Crippen MR) is 105 cm³/mol. The molecule has 0 unspecified atom stereocenters. The first-order valence-corrected chi connectivity index (χ1v) is 9.71. The molecule has 28 heavy (non-hydrogen) atoms. The Balaban J connectivity index is 1.77. The van der Waals surface area contributed by atoms with E-state index in [9.17, 15) is 9.59 Å². The largest absolute Gasteiger partial charge is 0.370 e. The first kappa shape index (κ1) is 18.7. The summed E-state index contributed by atoms with van der Waals surface area (Å²) in [6.07, 6.45) is 0. The van der Waals surface area contributed by atoms with Gasteiger partial charge in [0.1, 0.15) is 13.1 Å². The maximum Gasteiger partial charge on any atom is 0.330 e. The van der Waals surface area contributed by atoms with Gasteiger partial charge in [-0.1, -0.05) is 48.5 Å². The van der Waals surface area contributed by atoms with E-state index in [4.69, 9.17) is 4.74 Å². The van der Waals surface area contributed by atoms with Crippen LogP contribution in [-0.4, -0.2) is 49.8 Å². The first-order chi connectivity index (χ1) is 13.5. The number of carbonyl (C=O) groups is 2. The van der Waals surface area contributed by atoms with E-state index in [-0.39, 0.29) is 11.9 Å². The SMILES string of the molecule is Cc1ccc([C@]2(c3ccccc3)NC(=O)N(C[NH+]3CCOCC3)C2=O)cc1C. The molecule has 0 aromatic heterocycles. The van der Waals surface area contributed by atoms with Crippen molar-refractivity contribution in [3.8, 4) is 0 Å². The molecule has 2 N–H and O–H groups in total. The Morgan fingerprint density at radius 2 is 1.71 bits per heavy atom. The van der Waals surface area contributed by atoms with Crippen molar-refractivity contribution in [2.45, 2.75) is 19.4 Å². The molecule has 2 heterocycles. The van der Waals surface area contributed by atoms with Crippen LogP contribution in [0.4, 0.5) is 4.79 Å². The number of carbonyl (C=O) groups excluding carboxylic acids is 2. The number of quaternary nitrogens is 1. The third-order valence-corrected chi connectivity index (χ3v) is 5.83. The van der Waals surface area contributed by atoms with Crippen molar-refractivity contribution in [3.05, 3.63) is 70.8 Å². The number of hydrogen-bond donors (Lipinski definition) is 2. The molecule has 0 spiro atoms. The molecule has 2 saturated heterocycles. The van der Waals surface area contributed by atoms with Crippen molar-refractivity contribution in [1.29, 1.82) is 0 Å². The fourth-order valence-electron chi connectivity index (χ4n) is 3.98. The Labute approximate surface area is 165 Å². The molecule has 2 aliphatic heterocycles. The molecule has 146 valence electrons. The highest BCUT2D eigenvalue weighted by atomic mass is 16.5. The summed E-state index contributed by atoms with van der Waals surface area (Å²) in [5.41, 5.74) is 2.61. The van der Waals surface area contributed by atoms with E-state index in [1.807, 2.05) is 62.4 Å². The normalized spacial score (nSPS) is 23.1. The number of urea groups is 1. The van der Waals surface area contributed by atoms with E-state index in [0.717, 1.165) is 35.3 Å². The summed E-state index contributed by atoms with van der Waals surface area (Å²) in [7, 11) is 0. The average Bonchev–Trinajstić information content (AvgIpc) is 2.97. The molecule has 6 nitrogen and oxygen atoms in total. The molecule has 0 saturated carbocycles. The second-order valence-corrected chi connectivity index (χ2v) is 7.60. The number of nitrogens with one attached hydrogen (secondary N) is 2. The quantitative estimate of drug-likeness (QED) is 0.777. The fourth-order valence-corrected chi connectivity index (χ4v) is 3.98. The number of nitrogens with zero attached hydrogens (tertiary/aromatic N) is 1. The van der Waals surface area contributed by atoms with Gasteiger partial charge in [0.25, 0.3) is 5.91 Å². The van der Waals surface area contributed by atoms with Gasteiger partial charge in [-0.3, -0.25) is 4.79 Å². The topological polar surface area (TPSA) is 63.1 Å². The number of benzene rings is 2. The second-order valence-electron chi connectivity index (χ2n) is 7.60. The zero-order chi connectivity index (χ0) is 19.7. The number of rotatable bonds is 4. The molecular weight excluding hydrogens is 354 g/mol. The maximum absolute atomic E-state index is 13.7. The lowest BCUT2D eigenvalue weighted by Crippen LogP contribution is -3.15. The van der Waals surface area contributed by atoms with Gasteiger partial charge in [-0.15, -0.1) is 0 Å². The second kappa shape index (κ2) is 7.37. The monoisotopic (exact) mass is 380 g/mol. The summed E-state index contributed by atoms with van der Waals surface area (Å²) < 4.78 is 5.40. The van der Waals surface area contributed by atoms with Crippen molar-refractivity contribution < 1.29 is 19.2 Å². The summed E-state index contributed by atoms with van der Waals surface area (Å²) in [6.45, 7) is 7.30. The minimum atomic E-state index is -1.19. The van der Waals surface area contributed by atoms with Gasteiger partial charge in [-0.05, 0) is 36.1 Å². The van der Waals surface area contributed by atoms with E-state index in [2.05, 4.69) is 5.32 Å². The molecule has 0 aliphatic carbocycles. The van der Waals surface area contributed by atoms with Crippen LogP contribution in [-0.2, 0) is 15.1 Å². The van der Waals surface area contributed by atoms with Crippen molar-refractivity contribution in [2.24, 2.45) is 0 Å². The summed E-state index contributed by atoms with van der Waals surface area (Å²) in [5, 5.41) is 3.03. The van der Waals surface area contributed by atoms with E-state index >= 15 is 0 Å². The molecule has 2 aromatic rings. The van der Waals surface area contributed by atoms with E-state index in [1.165, 1.54) is 9.80 Å². The van der Waals surface area contributed by atoms with Crippen LogP contribution in [0.2, 0.25) is 0 Å². The summed E-state index contributed by atoms with van der Waals surface area (Å²) >= 11 is 0. The average molecular weight is 380 g/mol. The first-order valence-electron chi connectivity index (χ1n) is 9.71. The standard InChI is InChI=1S/C22H25N3O3/c1-16-8-9-19(14-17(16)2)22(18-6-4-3-5-7-18)20(26)25(21(27)23-22)15-24-10-12-28-13-11-24/h3-9,14H,10-13,15H2,1-2H3,(H,23,27)/p+1/t22-/m0/s1. The van der Waals surface area contributed by atoms with Crippen LogP contribution in [0.5, 0.6) is 0 Å². The Kier molecular flexibility index (Phi) is 4.91. The Morgan fingerprint density at radius 3 is 2.39 bits per heavy atom. The fraction of sp³-hybridized carbons (Fsp3) is 0.364. The van der Waals surface area contributed by atoms with Gasteiger partial charge in [0, 0.05) is 0 Å². The minimum Gasteiger partial charge on any atom is -0.370 e. The summed E-state index contributed by atoms with van der Waals surface area (Å²) in [6, 6.07) is 15.1. The Morgan fingerprint density at radius 1 is 1.00 bits per heavy atom. The highest BCUT2D eigenvalue weighted by molar-refractivity contribution is 6.09. The molecule has 6 heteroatoms. The van der Waals surface area contributed by atoms with Gasteiger partial charge >= 0.3 is 6.03 Å². The van der Waals surface area contributed by atoms with E-state index in [0.29, 0.717) is 19.9 Å². The van der Waals surface area contributed by atoms with Crippen molar-refractivity contribution >= 4 is 11.9 Å². The maximum atomic E-state index is 13.7.